The van der Waals surface area contributed by atoms with Crippen LogP contribution in [-0.2, 0) is 4.79 Å². The van der Waals surface area contributed by atoms with Crippen LogP contribution in [0, 0.1) is 0 Å². The van der Waals surface area contributed by atoms with Crippen LogP contribution in [0.2, 0.25) is 0 Å². The minimum atomic E-state index is -0.460. The van der Waals surface area contributed by atoms with Gasteiger partial charge in [-0.3, -0.25) is 4.99 Å². The van der Waals surface area contributed by atoms with Gasteiger partial charge in [-0.1, -0.05) is 116 Å². The normalized spacial score (nSPS) is 11.2. The molecule has 0 N–H and O–H groups in total. The molecule has 7 nitrogen and oxygen atoms in total. The van der Waals surface area contributed by atoms with Gasteiger partial charge in [0.1, 0.15) is 23.0 Å². The molecule has 0 radical (unpaired) electrons. The van der Waals surface area contributed by atoms with Crippen LogP contribution < -0.4 is 18.9 Å². The van der Waals surface area contributed by atoms with Gasteiger partial charge in [-0.25, -0.2) is 9.59 Å². The molecule has 0 aliphatic rings. The van der Waals surface area contributed by atoms with Gasteiger partial charge in [-0.05, 0) is 115 Å². The van der Waals surface area contributed by atoms with E-state index in [9.17, 15) is 9.59 Å². The Hall–Kier alpha value is -5.17. The minimum Gasteiger partial charge on any atom is -0.494 e. The quantitative estimate of drug-likeness (QED) is 0.0198. The smallest absolute Gasteiger partial charge is 0.343 e. The highest BCUT2D eigenvalue weighted by Gasteiger charge is 2.09. The third-order valence-electron chi connectivity index (χ3n) is 9.42. The van der Waals surface area contributed by atoms with Crippen LogP contribution in [0.25, 0.3) is 6.08 Å². The molecular formula is C49H61NO6. The van der Waals surface area contributed by atoms with Crippen LogP contribution in [0.5, 0.6) is 23.0 Å². The lowest BCUT2D eigenvalue weighted by Gasteiger charge is -2.08. The van der Waals surface area contributed by atoms with E-state index in [2.05, 4.69) is 18.8 Å². The molecule has 0 saturated carbocycles. The van der Waals surface area contributed by atoms with Gasteiger partial charge >= 0.3 is 11.9 Å². The predicted molar refractivity (Wildman–Crippen MR) is 229 cm³/mol. The van der Waals surface area contributed by atoms with Gasteiger partial charge in [0.15, 0.2) is 0 Å². The number of nitrogens with zero attached hydrogens (tertiary/aromatic N) is 1. The number of hydrogen-bond donors (Lipinski definition) is 0. The molecule has 0 unspecified atom stereocenters. The highest BCUT2D eigenvalue weighted by atomic mass is 16.5. The molecule has 0 fully saturated rings. The van der Waals surface area contributed by atoms with E-state index in [4.69, 9.17) is 18.9 Å². The average Bonchev–Trinajstić information content (AvgIpc) is 3.22. The van der Waals surface area contributed by atoms with Crippen molar-refractivity contribution in [2.75, 3.05) is 13.2 Å². The Morgan fingerprint density at radius 3 is 1.45 bits per heavy atom. The first-order valence-electron chi connectivity index (χ1n) is 20.8. The maximum absolute atomic E-state index is 12.7. The molecule has 0 aliphatic carbocycles. The van der Waals surface area contributed by atoms with E-state index >= 15 is 0 Å². The van der Waals surface area contributed by atoms with Crippen LogP contribution in [0.1, 0.15) is 138 Å². The molecule has 298 valence electrons. The maximum Gasteiger partial charge on any atom is 0.343 e. The van der Waals surface area contributed by atoms with Crippen molar-refractivity contribution in [1.82, 2.24) is 0 Å². The average molecular weight is 760 g/mol. The molecule has 4 aromatic carbocycles. The van der Waals surface area contributed by atoms with Gasteiger partial charge in [-0.15, -0.1) is 0 Å². The van der Waals surface area contributed by atoms with Crippen LogP contribution in [-0.4, -0.2) is 31.4 Å². The third-order valence-corrected chi connectivity index (χ3v) is 9.42. The summed E-state index contributed by atoms with van der Waals surface area (Å²) in [6, 6.07) is 28.8. The number of hydrogen-bond acceptors (Lipinski definition) is 7. The van der Waals surface area contributed by atoms with Crippen molar-refractivity contribution in [3.8, 4) is 23.0 Å². The van der Waals surface area contributed by atoms with Crippen molar-refractivity contribution in [2.45, 2.75) is 117 Å². The summed E-state index contributed by atoms with van der Waals surface area (Å²) < 4.78 is 22.7. The van der Waals surface area contributed by atoms with Crippen molar-refractivity contribution in [2.24, 2.45) is 4.99 Å². The Labute approximate surface area is 335 Å². The highest BCUT2D eigenvalue weighted by Crippen LogP contribution is 2.21. The summed E-state index contributed by atoms with van der Waals surface area (Å²) in [6.07, 6.45) is 25.2. The molecule has 0 atom stereocenters. The summed E-state index contributed by atoms with van der Waals surface area (Å²) in [7, 11) is 0. The predicted octanol–water partition coefficient (Wildman–Crippen LogP) is 13.3. The van der Waals surface area contributed by atoms with Crippen molar-refractivity contribution < 1.29 is 28.5 Å². The number of carbonyl (C=O) groups excluding carboxylic acids is 2. The van der Waals surface area contributed by atoms with Crippen molar-refractivity contribution in [3.05, 3.63) is 120 Å². The lowest BCUT2D eigenvalue weighted by molar-refractivity contribution is -0.128. The summed E-state index contributed by atoms with van der Waals surface area (Å²) in [4.78, 5) is 29.6. The Morgan fingerprint density at radius 1 is 0.482 bits per heavy atom. The van der Waals surface area contributed by atoms with E-state index in [1.54, 1.807) is 73.0 Å². The van der Waals surface area contributed by atoms with Crippen molar-refractivity contribution in [1.29, 1.82) is 0 Å². The van der Waals surface area contributed by atoms with E-state index in [0.29, 0.717) is 29.4 Å². The number of rotatable bonds is 27. The van der Waals surface area contributed by atoms with Gasteiger partial charge in [-0.2, -0.15) is 0 Å². The molecule has 0 aromatic heterocycles. The van der Waals surface area contributed by atoms with Gasteiger partial charge in [0, 0.05) is 12.3 Å². The second-order valence-corrected chi connectivity index (χ2v) is 14.2. The van der Waals surface area contributed by atoms with E-state index in [1.165, 1.54) is 96.0 Å². The molecule has 0 aliphatic heterocycles. The summed E-state index contributed by atoms with van der Waals surface area (Å²) in [5.41, 5.74) is 2.88. The maximum atomic E-state index is 12.7. The minimum absolute atomic E-state index is 0.429. The standard InChI is InChI=1S/C49H61NO6/c1-3-5-7-9-11-12-13-14-16-18-37-53-44-28-19-40(20-29-44)23-36-48(51)55-46-30-21-41(22-31-46)39-50-43-26-34-47(35-27-43)56-49(52)42-24-32-45(33-25-42)54-38-17-15-10-8-6-4-2/h19-36,39H,3-18,37-38H2,1-2H3/b36-23+,50-39?. The monoisotopic (exact) mass is 759 g/mol. The van der Waals surface area contributed by atoms with Crippen LogP contribution in [0.4, 0.5) is 5.69 Å². The molecule has 0 spiro atoms. The molecule has 4 rings (SSSR count). The van der Waals surface area contributed by atoms with E-state index < -0.39 is 11.9 Å². The van der Waals surface area contributed by atoms with Crippen molar-refractivity contribution in [3.63, 3.8) is 0 Å². The zero-order valence-electron chi connectivity index (χ0n) is 33.6. The van der Waals surface area contributed by atoms with E-state index in [1.807, 2.05) is 36.4 Å². The van der Waals surface area contributed by atoms with Crippen molar-refractivity contribution >= 4 is 29.9 Å². The fourth-order valence-electron chi connectivity index (χ4n) is 6.07. The first-order valence-corrected chi connectivity index (χ1v) is 20.8. The number of esters is 2. The van der Waals surface area contributed by atoms with E-state index in [-0.39, 0.29) is 0 Å². The zero-order chi connectivity index (χ0) is 39.5. The molecule has 0 bridgehead atoms. The van der Waals surface area contributed by atoms with E-state index in [0.717, 1.165) is 42.1 Å². The van der Waals surface area contributed by atoms with Gasteiger partial charge in [0.05, 0.1) is 24.5 Å². The molecule has 0 heterocycles. The van der Waals surface area contributed by atoms with Gasteiger partial charge in [0.2, 0.25) is 0 Å². The fraction of sp³-hybridized carbons (Fsp3) is 0.408. The van der Waals surface area contributed by atoms with Gasteiger partial charge < -0.3 is 18.9 Å². The lowest BCUT2D eigenvalue weighted by atomic mass is 10.1. The second kappa shape index (κ2) is 26.6. The largest absolute Gasteiger partial charge is 0.494 e. The Bertz CT molecular complexity index is 1730. The molecule has 0 saturated heterocycles. The molecule has 7 heteroatoms. The second-order valence-electron chi connectivity index (χ2n) is 14.2. The summed E-state index contributed by atoms with van der Waals surface area (Å²) in [5, 5.41) is 0. The van der Waals surface area contributed by atoms with Crippen LogP contribution in [0.15, 0.2) is 108 Å². The Balaban J connectivity index is 1.10. The topological polar surface area (TPSA) is 83.4 Å². The first-order chi connectivity index (χ1) is 27.5. The molecular weight excluding hydrogens is 699 g/mol. The van der Waals surface area contributed by atoms with Crippen LogP contribution in [0.3, 0.4) is 0 Å². The fourth-order valence-corrected chi connectivity index (χ4v) is 6.07. The summed E-state index contributed by atoms with van der Waals surface area (Å²) in [6.45, 7) is 5.88. The number of carbonyl (C=O) groups is 2. The first kappa shape index (κ1) is 43.6. The van der Waals surface area contributed by atoms with Gasteiger partial charge in [0.25, 0.3) is 0 Å². The highest BCUT2D eigenvalue weighted by molar-refractivity contribution is 5.91. The number of unbranched alkanes of at least 4 members (excludes halogenated alkanes) is 14. The number of ether oxygens (including phenoxy) is 4. The Kier molecular flexibility index (Phi) is 20.7. The summed E-state index contributed by atoms with van der Waals surface area (Å²) in [5.74, 6) is 1.56. The molecule has 4 aromatic rings. The number of benzene rings is 4. The summed E-state index contributed by atoms with van der Waals surface area (Å²) >= 11 is 0. The SMILES string of the molecule is CCCCCCCCCCCCOc1ccc(/C=C/C(=O)Oc2ccc(C=Nc3ccc(OC(=O)c4ccc(OCCCCCCCC)cc4)cc3)cc2)cc1. The molecule has 0 amide bonds. The Morgan fingerprint density at radius 2 is 0.911 bits per heavy atom. The third kappa shape index (κ3) is 18.0. The lowest BCUT2D eigenvalue weighted by Crippen LogP contribution is -2.08. The van der Waals surface area contributed by atoms with Crippen LogP contribution >= 0.6 is 0 Å². The number of aliphatic imine (C=N–C) groups is 1. The molecule has 56 heavy (non-hydrogen) atoms. The zero-order valence-corrected chi connectivity index (χ0v) is 33.6.